The monoisotopic (exact) mass is 232 g/mol. The molecule has 2 amide bonds. The highest BCUT2D eigenvalue weighted by Gasteiger charge is 1.95. The summed E-state index contributed by atoms with van der Waals surface area (Å²) in [5.74, 6) is -0.667. The molecule has 1 fully saturated rings. The molecule has 0 aromatic heterocycles. The van der Waals surface area contributed by atoms with Gasteiger partial charge in [-0.3, -0.25) is 9.59 Å². The molecular formula is C12H28N2O2. The number of rotatable bonds is 0. The average Bonchev–Trinajstić information content (AvgIpc) is 2.22. The first kappa shape index (κ1) is 20.4. The summed E-state index contributed by atoms with van der Waals surface area (Å²) >= 11 is 0. The maximum atomic E-state index is 9.22. The Bertz CT molecular complexity index is 124. The second kappa shape index (κ2) is 19.5. The van der Waals surface area contributed by atoms with Crippen LogP contribution in [0.4, 0.5) is 0 Å². The van der Waals surface area contributed by atoms with Gasteiger partial charge in [0.1, 0.15) is 0 Å². The smallest absolute Gasteiger partial charge is 0.214 e. The lowest BCUT2D eigenvalue weighted by Crippen LogP contribution is -2.01. The van der Waals surface area contributed by atoms with Gasteiger partial charge in [-0.1, -0.05) is 52.4 Å². The number of amides is 2. The molecule has 1 saturated carbocycles. The number of carbonyl (C=O) groups excluding carboxylic acids is 2. The maximum absolute atomic E-state index is 9.22. The van der Waals surface area contributed by atoms with Gasteiger partial charge in [0.15, 0.2) is 0 Å². The highest BCUT2D eigenvalue weighted by Crippen LogP contribution is 2.15. The van der Waals surface area contributed by atoms with Gasteiger partial charge in [-0.2, -0.15) is 0 Å². The Morgan fingerprint density at radius 2 is 0.750 bits per heavy atom. The first-order valence-electron chi connectivity index (χ1n) is 5.99. The molecule has 4 nitrogen and oxygen atoms in total. The van der Waals surface area contributed by atoms with E-state index in [4.69, 9.17) is 0 Å². The molecule has 0 radical (unpaired) electrons. The zero-order chi connectivity index (χ0) is 13.4. The van der Waals surface area contributed by atoms with Crippen molar-refractivity contribution in [3.05, 3.63) is 0 Å². The molecule has 4 heteroatoms. The summed E-state index contributed by atoms with van der Waals surface area (Å²) in [4.78, 5) is 18.4. The Labute approximate surface area is 99.8 Å². The van der Waals surface area contributed by atoms with Crippen molar-refractivity contribution in [2.45, 2.75) is 66.2 Å². The molecule has 0 bridgehead atoms. The van der Waals surface area contributed by atoms with E-state index in [0.29, 0.717) is 0 Å². The fourth-order valence-electron chi connectivity index (χ4n) is 1.06. The molecule has 0 aromatic carbocycles. The molecule has 98 valence electrons. The van der Waals surface area contributed by atoms with Crippen LogP contribution in [0.5, 0.6) is 0 Å². The number of primary amides is 2. The lowest BCUT2D eigenvalue weighted by Gasteiger charge is -2.05. The van der Waals surface area contributed by atoms with Crippen LogP contribution in [0.1, 0.15) is 66.2 Å². The molecule has 0 heterocycles. The molecule has 1 aliphatic carbocycles. The van der Waals surface area contributed by atoms with Crippen molar-refractivity contribution >= 4 is 11.8 Å². The lowest BCUT2D eigenvalue weighted by atomic mass is 10.0. The molecule has 0 saturated heterocycles. The van der Waals surface area contributed by atoms with Crippen LogP contribution in [0.25, 0.3) is 0 Å². The van der Waals surface area contributed by atoms with Gasteiger partial charge < -0.3 is 11.5 Å². The van der Waals surface area contributed by atoms with E-state index in [1.807, 2.05) is 13.8 Å². The van der Waals surface area contributed by atoms with Gasteiger partial charge >= 0.3 is 0 Å². The van der Waals surface area contributed by atoms with E-state index >= 15 is 0 Å². The fraction of sp³-hybridized carbons (Fsp3) is 0.833. The number of hydrogen-bond acceptors (Lipinski definition) is 2. The predicted molar refractivity (Wildman–Crippen MR) is 68.8 cm³/mol. The van der Waals surface area contributed by atoms with Crippen molar-refractivity contribution in [3.63, 3.8) is 0 Å². The standard InChI is InChI=1S/C6H12.2C2H5NO.C2H6/c1-2-4-6-5-3-1;2*1-2(3)4;1-2/h1-6H2;2*1H3,(H2,3,4);1-2H3. The molecule has 0 aromatic rings. The molecular weight excluding hydrogens is 204 g/mol. The van der Waals surface area contributed by atoms with Gasteiger partial charge in [0, 0.05) is 13.8 Å². The third kappa shape index (κ3) is 75.6. The molecule has 0 spiro atoms. The zero-order valence-electron chi connectivity index (χ0n) is 11.2. The molecule has 4 N–H and O–H groups in total. The van der Waals surface area contributed by atoms with Crippen LogP contribution in [-0.4, -0.2) is 11.8 Å². The second-order valence-electron chi connectivity index (χ2n) is 3.34. The zero-order valence-corrected chi connectivity index (χ0v) is 11.2. The minimum Gasteiger partial charge on any atom is -0.370 e. The van der Waals surface area contributed by atoms with Gasteiger partial charge in [-0.05, 0) is 0 Å². The lowest BCUT2D eigenvalue weighted by molar-refractivity contribution is -0.116. The largest absolute Gasteiger partial charge is 0.370 e. The second-order valence-corrected chi connectivity index (χ2v) is 3.34. The van der Waals surface area contributed by atoms with Gasteiger partial charge in [-0.25, -0.2) is 0 Å². The van der Waals surface area contributed by atoms with Crippen molar-refractivity contribution < 1.29 is 9.59 Å². The summed E-state index contributed by atoms with van der Waals surface area (Å²) in [7, 11) is 0. The van der Waals surface area contributed by atoms with Crippen LogP contribution in [0.3, 0.4) is 0 Å². The average molecular weight is 232 g/mol. The Balaban J connectivity index is -0.000000152. The van der Waals surface area contributed by atoms with Crippen molar-refractivity contribution in [2.24, 2.45) is 11.5 Å². The van der Waals surface area contributed by atoms with Crippen molar-refractivity contribution in [3.8, 4) is 0 Å². The number of hydrogen-bond donors (Lipinski definition) is 2. The first-order chi connectivity index (χ1) is 7.46. The Hall–Kier alpha value is -1.06. The summed E-state index contributed by atoms with van der Waals surface area (Å²) in [6.07, 6.45) is 9.00. The van der Waals surface area contributed by atoms with Crippen LogP contribution in [0, 0.1) is 0 Å². The van der Waals surface area contributed by atoms with Gasteiger partial charge in [0.05, 0.1) is 0 Å². The topological polar surface area (TPSA) is 86.2 Å². The minimum absolute atomic E-state index is 0.333. The third-order valence-corrected chi connectivity index (χ3v) is 1.50. The summed E-state index contributed by atoms with van der Waals surface area (Å²) < 4.78 is 0. The van der Waals surface area contributed by atoms with Crippen LogP contribution in [0.15, 0.2) is 0 Å². The third-order valence-electron chi connectivity index (χ3n) is 1.50. The molecule has 0 atom stereocenters. The first-order valence-corrected chi connectivity index (χ1v) is 5.99. The van der Waals surface area contributed by atoms with Crippen LogP contribution in [-0.2, 0) is 9.59 Å². The quantitative estimate of drug-likeness (QED) is 0.671. The molecule has 16 heavy (non-hydrogen) atoms. The highest BCUT2D eigenvalue weighted by molar-refractivity contribution is 5.70. The van der Waals surface area contributed by atoms with Crippen LogP contribution < -0.4 is 11.5 Å². The van der Waals surface area contributed by atoms with E-state index in [9.17, 15) is 9.59 Å². The van der Waals surface area contributed by atoms with E-state index in [-0.39, 0.29) is 11.8 Å². The van der Waals surface area contributed by atoms with Gasteiger partial charge in [-0.15, -0.1) is 0 Å². The van der Waals surface area contributed by atoms with Gasteiger partial charge in [0.25, 0.3) is 0 Å². The van der Waals surface area contributed by atoms with E-state index < -0.39 is 0 Å². The molecule has 1 rings (SSSR count). The fourth-order valence-corrected chi connectivity index (χ4v) is 1.06. The summed E-state index contributed by atoms with van der Waals surface area (Å²) in [6, 6.07) is 0. The number of carbonyl (C=O) groups is 2. The Morgan fingerprint density at radius 1 is 0.688 bits per heavy atom. The normalized spacial score (nSPS) is 12.5. The van der Waals surface area contributed by atoms with E-state index in [1.54, 1.807) is 0 Å². The van der Waals surface area contributed by atoms with E-state index in [2.05, 4.69) is 11.5 Å². The summed E-state index contributed by atoms with van der Waals surface area (Å²) in [6.45, 7) is 6.61. The number of nitrogens with two attached hydrogens (primary N) is 2. The molecule has 1 aliphatic rings. The summed E-state index contributed by atoms with van der Waals surface area (Å²) in [5, 5.41) is 0. The summed E-state index contributed by atoms with van der Waals surface area (Å²) in [5.41, 5.74) is 8.94. The van der Waals surface area contributed by atoms with Crippen molar-refractivity contribution in [2.75, 3.05) is 0 Å². The minimum atomic E-state index is -0.333. The highest BCUT2D eigenvalue weighted by atomic mass is 16.1. The molecule has 0 unspecified atom stereocenters. The maximum Gasteiger partial charge on any atom is 0.214 e. The van der Waals surface area contributed by atoms with E-state index in [0.717, 1.165) is 0 Å². The molecule has 0 aliphatic heterocycles. The SMILES string of the molecule is C1CCCCC1.CC.CC(N)=O.CC(N)=O. The van der Waals surface area contributed by atoms with Crippen LogP contribution in [0.2, 0.25) is 0 Å². The van der Waals surface area contributed by atoms with Crippen molar-refractivity contribution in [1.82, 2.24) is 0 Å². The van der Waals surface area contributed by atoms with E-state index in [1.165, 1.54) is 52.4 Å². The van der Waals surface area contributed by atoms with Crippen LogP contribution >= 0.6 is 0 Å². The Morgan fingerprint density at radius 3 is 0.812 bits per heavy atom. The van der Waals surface area contributed by atoms with Crippen molar-refractivity contribution in [1.29, 1.82) is 0 Å². The van der Waals surface area contributed by atoms with Gasteiger partial charge in [0.2, 0.25) is 11.8 Å². The Kier molecular flexibility index (Phi) is 24.8. The predicted octanol–water partition coefficient (Wildman–Crippen LogP) is 2.35.